The van der Waals surface area contributed by atoms with Gasteiger partial charge in [-0.1, -0.05) is 106 Å². The maximum absolute atomic E-state index is 14.5. The summed E-state index contributed by atoms with van der Waals surface area (Å²) in [5.41, 5.74) is 0.625. The number of hydrogen-bond acceptors (Lipinski definition) is 14. The second-order valence-electron chi connectivity index (χ2n) is 20.4. The Bertz CT molecular complexity index is 2540. The lowest BCUT2D eigenvalue weighted by Crippen LogP contribution is -2.54. The van der Waals surface area contributed by atoms with Crippen molar-refractivity contribution in [2.75, 3.05) is 39.5 Å². The van der Waals surface area contributed by atoms with Crippen molar-refractivity contribution in [1.29, 1.82) is 0 Å². The van der Waals surface area contributed by atoms with E-state index < -0.39 is 69.6 Å². The molecule has 0 radical (unpaired) electrons. The van der Waals surface area contributed by atoms with Crippen LogP contribution in [0, 0.1) is 23.7 Å². The number of aliphatic hydroxyl groups is 1. The largest absolute Gasteiger partial charge is 0.380 e. The lowest BCUT2D eigenvalue weighted by Gasteiger charge is -2.30. The van der Waals surface area contributed by atoms with Gasteiger partial charge in [-0.2, -0.15) is 8.42 Å². The summed E-state index contributed by atoms with van der Waals surface area (Å²) in [6.07, 6.45) is 3.49. The highest BCUT2D eigenvalue weighted by atomic mass is 32.2. The Morgan fingerprint density at radius 2 is 1.34 bits per heavy atom. The van der Waals surface area contributed by atoms with Crippen LogP contribution in [0.25, 0.3) is 0 Å². The summed E-state index contributed by atoms with van der Waals surface area (Å²) < 4.78 is 38.9. The van der Waals surface area contributed by atoms with Crippen LogP contribution in [-0.4, -0.2) is 126 Å². The molecule has 0 saturated carbocycles. The van der Waals surface area contributed by atoms with Crippen LogP contribution in [-0.2, 0) is 80.5 Å². The molecule has 3 N–H and O–H groups in total. The Morgan fingerprint density at radius 3 is 1.95 bits per heavy atom. The number of amides is 2. The Morgan fingerprint density at radius 1 is 0.753 bits per heavy atom. The van der Waals surface area contributed by atoms with E-state index in [0.717, 1.165) is 18.1 Å². The molecule has 17 nitrogen and oxygen atoms in total. The van der Waals surface area contributed by atoms with Crippen LogP contribution in [0.5, 0.6) is 0 Å². The fourth-order valence-electron chi connectivity index (χ4n) is 8.80. The predicted molar refractivity (Wildman–Crippen MR) is 274 cm³/mol. The number of nitrogens with zero attached hydrogens (tertiary/aromatic N) is 4. The van der Waals surface area contributed by atoms with Crippen LogP contribution < -0.4 is 10.6 Å². The lowest BCUT2D eigenvalue weighted by molar-refractivity contribution is -0.143. The van der Waals surface area contributed by atoms with Crippen LogP contribution in [0.1, 0.15) is 95.5 Å². The van der Waals surface area contributed by atoms with Crippen LogP contribution in [0.2, 0.25) is 0 Å². The third-order valence-corrected chi connectivity index (χ3v) is 14.1. The van der Waals surface area contributed by atoms with Gasteiger partial charge >= 0.3 is 0 Å². The third-order valence-electron chi connectivity index (χ3n) is 12.8. The first kappa shape index (κ1) is 58.1. The molecule has 1 aliphatic heterocycles. The first-order chi connectivity index (χ1) is 34.7. The number of Topliss-reactive ketones (excluding diaryl/α,β-unsaturated/α-hetero) is 4. The molecule has 1 saturated heterocycles. The summed E-state index contributed by atoms with van der Waals surface area (Å²) in [6.45, 7) is 10.1. The van der Waals surface area contributed by atoms with Crippen molar-refractivity contribution < 1.29 is 51.2 Å². The number of carbonyl (C=O) groups excluding carboxylic acids is 6. The summed E-state index contributed by atoms with van der Waals surface area (Å²) in [6, 6.07) is 22.0. The summed E-state index contributed by atoms with van der Waals surface area (Å²) in [7, 11) is -2.77. The maximum atomic E-state index is 14.5. The van der Waals surface area contributed by atoms with Crippen LogP contribution in [0.4, 0.5) is 0 Å². The minimum atomic E-state index is -4.50. The zero-order valence-electron chi connectivity index (χ0n) is 43.2. The Kier molecular flexibility index (Phi) is 22.3. The van der Waals surface area contributed by atoms with Gasteiger partial charge in [0, 0.05) is 70.3 Å². The second-order valence-corrected chi connectivity index (χ2v) is 22.0. The highest BCUT2D eigenvalue weighted by Crippen LogP contribution is 2.24. The zero-order valence-corrected chi connectivity index (χ0v) is 44.0. The minimum Gasteiger partial charge on any atom is -0.380 e. The molecule has 1 unspecified atom stereocenters. The van der Waals surface area contributed by atoms with Gasteiger partial charge in [-0.05, 0) is 79.7 Å². The van der Waals surface area contributed by atoms with E-state index in [1.807, 2.05) is 81.1 Å². The van der Waals surface area contributed by atoms with Gasteiger partial charge in [0.05, 0.1) is 42.4 Å². The van der Waals surface area contributed by atoms with E-state index >= 15 is 0 Å². The fraction of sp³-hybridized carbons (Fsp3) is 0.527. The van der Waals surface area contributed by atoms with Gasteiger partial charge in [0.2, 0.25) is 11.8 Å². The van der Waals surface area contributed by atoms with Crippen molar-refractivity contribution in [2.24, 2.45) is 30.7 Å². The summed E-state index contributed by atoms with van der Waals surface area (Å²) in [5.74, 6) is -4.45. The molecule has 73 heavy (non-hydrogen) atoms. The van der Waals surface area contributed by atoms with E-state index in [1.54, 1.807) is 30.1 Å². The van der Waals surface area contributed by atoms with E-state index in [2.05, 4.69) is 20.9 Å². The van der Waals surface area contributed by atoms with Gasteiger partial charge in [-0.25, -0.2) is 0 Å². The standard InChI is InChI=1S/C55H74N6O11S/c1-38(2)29-49(56-53(66)43(20-17-40-13-9-7-10-14-40)33-47(63)36-61-25-27-71-28-26-61)51(64)34-44(31-41-15-11-8-12-16-41)54(67)57-50(30-39(3)4)52(65)55(5,68)37-72-73(69,70)48-23-18-42(19-24-48)32-46(62)22-21-45-35-60(6)59-58-45/h7-16,18-19,23-24,35,38-39,43-44,49-50,68H,17,20-22,25-34,36-37H2,1-6H3,(H,56,66)(H,57,67)/t43-,44-,49+,50+,55?/m1/s1. The van der Waals surface area contributed by atoms with Crippen LogP contribution in [0.15, 0.2) is 96.0 Å². The first-order valence-corrected chi connectivity index (χ1v) is 26.7. The topological polar surface area (TPSA) is 233 Å². The quantitative estimate of drug-likeness (QED) is 0.0563. The van der Waals surface area contributed by atoms with Crippen molar-refractivity contribution in [3.8, 4) is 0 Å². The molecule has 5 atom stereocenters. The number of rotatable bonds is 31. The Balaban J connectivity index is 1.27. The van der Waals surface area contributed by atoms with E-state index in [-0.39, 0.29) is 79.8 Å². The van der Waals surface area contributed by atoms with E-state index in [9.17, 15) is 42.3 Å². The number of aromatic nitrogens is 3. The summed E-state index contributed by atoms with van der Waals surface area (Å²) >= 11 is 0. The number of morpholine rings is 1. The van der Waals surface area contributed by atoms with E-state index in [1.165, 1.54) is 24.3 Å². The van der Waals surface area contributed by atoms with Gasteiger partial charge in [-0.15, -0.1) is 5.10 Å². The number of aryl methyl sites for hydroxylation is 3. The molecule has 2 heterocycles. The molecular weight excluding hydrogens is 953 g/mol. The van der Waals surface area contributed by atoms with Crippen molar-refractivity contribution in [2.45, 2.75) is 121 Å². The molecule has 1 aliphatic rings. The average molecular weight is 1030 g/mol. The molecule has 2 amide bonds. The van der Waals surface area contributed by atoms with Gasteiger partial charge in [-0.3, -0.25) is 42.5 Å². The summed E-state index contributed by atoms with van der Waals surface area (Å²) in [5, 5.41) is 25.2. The molecule has 396 valence electrons. The predicted octanol–water partition coefficient (Wildman–Crippen LogP) is 5.01. The molecule has 3 aromatic carbocycles. The molecule has 0 aliphatic carbocycles. The number of benzene rings is 3. The molecule has 18 heteroatoms. The molecule has 4 aromatic rings. The smallest absolute Gasteiger partial charge is 0.297 e. The number of carbonyl (C=O) groups is 6. The van der Waals surface area contributed by atoms with Gasteiger partial charge < -0.3 is 20.5 Å². The number of nitrogens with one attached hydrogen (secondary N) is 2. The van der Waals surface area contributed by atoms with Gasteiger partial charge in [0.25, 0.3) is 10.1 Å². The van der Waals surface area contributed by atoms with E-state index in [0.29, 0.717) is 56.8 Å². The van der Waals surface area contributed by atoms with Crippen molar-refractivity contribution >= 4 is 45.1 Å². The molecule has 1 aromatic heterocycles. The zero-order chi connectivity index (χ0) is 53.1. The average Bonchev–Trinajstić information content (AvgIpc) is 3.78. The van der Waals surface area contributed by atoms with Gasteiger partial charge in [0.15, 0.2) is 11.6 Å². The molecule has 5 rings (SSSR count). The molecule has 0 bridgehead atoms. The lowest BCUT2D eigenvalue weighted by atomic mass is 9.86. The highest BCUT2D eigenvalue weighted by molar-refractivity contribution is 7.86. The third kappa shape index (κ3) is 19.5. The van der Waals surface area contributed by atoms with Crippen LogP contribution in [0.3, 0.4) is 0 Å². The maximum Gasteiger partial charge on any atom is 0.297 e. The molecule has 0 spiro atoms. The fourth-order valence-corrected chi connectivity index (χ4v) is 9.79. The van der Waals surface area contributed by atoms with Crippen molar-refractivity contribution in [1.82, 2.24) is 30.5 Å². The van der Waals surface area contributed by atoms with Crippen LogP contribution >= 0.6 is 0 Å². The van der Waals surface area contributed by atoms with Crippen molar-refractivity contribution in [3.63, 3.8) is 0 Å². The van der Waals surface area contributed by atoms with Crippen molar-refractivity contribution in [3.05, 3.63) is 114 Å². The minimum absolute atomic E-state index is 0.00667. The molecule has 1 fully saturated rings. The SMILES string of the molecule is CC(C)C[C@H](NC(=O)[C@H](CCc1ccccc1)CC(=O)CN1CCOCC1)C(=O)C[C@@H](Cc1ccccc1)C(=O)N[C@@H](CC(C)C)C(=O)C(C)(O)COS(=O)(=O)c1ccc(CC(=O)CCc2cn(C)nn2)cc1. The highest BCUT2D eigenvalue weighted by Gasteiger charge is 2.40. The Labute approximate surface area is 430 Å². The number of ether oxygens (including phenoxy) is 1. The van der Waals surface area contributed by atoms with E-state index in [4.69, 9.17) is 8.92 Å². The monoisotopic (exact) mass is 1030 g/mol. The second kappa shape index (κ2) is 28.0. The normalized spacial score (nSPS) is 15.7. The Hall–Kier alpha value is -5.79. The van der Waals surface area contributed by atoms with Gasteiger partial charge in [0.1, 0.15) is 23.8 Å². The summed E-state index contributed by atoms with van der Waals surface area (Å²) in [4.78, 5) is 85.3. The number of ketones is 4. The molecular formula is C55H74N6O11S. The number of hydrogen-bond donors (Lipinski definition) is 3. The first-order valence-electron chi connectivity index (χ1n) is 25.3.